The molecule has 0 spiro atoms. The van der Waals surface area contributed by atoms with Crippen LogP contribution in [0, 0.1) is 5.82 Å². The third-order valence-electron chi connectivity index (χ3n) is 4.58. The van der Waals surface area contributed by atoms with Crippen molar-refractivity contribution in [2.45, 2.75) is 18.2 Å². The summed E-state index contributed by atoms with van der Waals surface area (Å²) in [6, 6.07) is 20.7. The Morgan fingerprint density at radius 1 is 0.966 bits per heavy atom. The number of nitrogens with one attached hydrogen (secondary N) is 2. The molecule has 2 heterocycles. The molecule has 0 aliphatic heterocycles. The monoisotopic (exact) mass is 404 g/mol. The Kier molecular flexibility index (Phi) is 6.03. The number of thioether (sulfide) groups is 1. The van der Waals surface area contributed by atoms with Gasteiger partial charge in [-0.15, -0.1) is 0 Å². The second kappa shape index (κ2) is 9.03. The van der Waals surface area contributed by atoms with Crippen LogP contribution in [0.5, 0.6) is 0 Å². The van der Waals surface area contributed by atoms with E-state index in [4.69, 9.17) is 0 Å². The molecule has 4 aromatic rings. The lowest BCUT2D eigenvalue weighted by Gasteiger charge is -2.07. The van der Waals surface area contributed by atoms with Crippen molar-refractivity contribution >= 4 is 11.8 Å². The normalized spacial score (nSPS) is 11.0. The van der Waals surface area contributed by atoms with Crippen LogP contribution in [0.2, 0.25) is 0 Å². The van der Waals surface area contributed by atoms with Gasteiger partial charge < -0.3 is 10.3 Å². The van der Waals surface area contributed by atoms with E-state index in [1.807, 2.05) is 36.7 Å². The van der Waals surface area contributed by atoms with Gasteiger partial charge >= 0.3 is 0 Å². The molecule has 0 fully saturated rings. The highest BCUT2D eigenvalue weighted by atomic mass is 32.2. The molecule has 0 saturated carbocycles. The Balaban J connectivity index is 1.57. The molecule has 2 aromatic carbocycles. The number of benzene rings is 2. The summed E-state index contributed by atoms with van der Waals surface area (Å²) in [7, 11) is 0. The number of aromatic nitrogens is 3. The highest BCUT2D eigenvalue weighted by Crippen LogP contribution is 2.32. The lowest BCUT2D eigenvalue weighted by molar-refractivity contribution is 0.628. The number of imidazole rings is 1. The lowest BCUT2D eigenvalue weighted by Crippen LogP contribution is -2.13. The first kappa shape index (κ1) is 19.4. The van der Waals surface area contributed by atoms with E-state index in [1.165, 1.54) is 17.7 Å². The average molecular weight is 405 g/mol. The van der Waals surface area contributed by atoms with Crippen LogP contribution >= 0.6 is 11.8 Å². The summed E-state index contributed by atoms with van der Waals surface area (Å²) >= 11 is 1.54. The zero-order valence-corrected chi connectivity index (χ0v) is 16.8. The summed E-state index contributed by atoms with van der Waals surface area (Å²) in [6.45, 7) is 1.45. The molecule has 0 radical (unpaired) electrons. The standard InChI is InChI=1S/C23H21FN4S/c1-29-23-27-21(17-7-9-19(24)10-8-17)22(28-23)18-11-12-26-20(13-18)15-25-14-16-5-3-2-4-6-16/h2-13,25H,14-15H2,1H3,(H,27,28). The molecule has 4 nitrogen and oxygen atoms in total. The van der Waals surface area contributed by atoms with Gasteiger partial charge in [0.05, 0.1) is 17.1 Å². The molecule has 0 aliphatic carbocycles. The van der Waals surface area contributed by atoms with E-state index in [1.54, 1.807) is 23.9 Å². The van der Waals surface area contributed by atoms with Crippen molar-refractivity contribution in [3.63, 3.8) is 0 Å². The smallest absolute Gasteiger partial charge is 0.166 e. The molecule has 0 saturated heterocycles. The zero-order valence-electron chi connectivity index (χ0n) is 16.0. The van der Waals surface area contributed by atoms with Crippen molar-refractivity contribution < 1.29 is 4.39 Å². The number of rotatable bonds is 7. The maximum absolute atomic E-state index is 13.3. The Morgan fingerprint density at radius 3 is 2.52 bits per heavy atom. The average Bonchev–Trinajstić information content (AvgIpc) is 3.20. The van der Waals surface area contributed by atoms with Gasteiger partial charge in [0, 0.05) is 30.4 Å². The third kappa shape index (κ3) is 4.72. The van der Waals surface area contributed by atoms with Crippen molar-refractivity contribution in [2.24, 2.45) is 0 Å². The van der Waals surface area contributed by atoms with E-state index in [0.29, 0.717) is 6.54 Å². The summed E-state index contributed by atoms with van der Waals surface area (Å²) < 4.78 is 13.3. The van der Waals surface area contributed by atoms with Crippen molar-refractivity contribution in [1.29, 1.82) is 0 Å². The van der Waals surface area contributed by atoms with Gasteiger partial charge in [0.2, 0.25) is 0 Å². The van der Waals surface area contributed by atoms with Gasteiger partial charge in [-0.1, -0.05) is 42.1 Å². The predicted octanol–water partition coefficient (Wildman–Crippen LogP) is 5.29. The quantitative estimate of drug-likeness (QED) is 0.411. The second-order valence-electron chi connectivity index (χ2n) is 6.60. The fourth-order valence-corrected chi connectivity index (χ4v) is 3.52. The van der Waals surface area contributed by atoms with E-state index in [-0.39, 0.29) is 5.82 Å². The first-order valence-corrected chi connectivity index (χ1v) is 10.6. The number of halogens is 1. The van der Waals surface area contributed by atoms with Gasteiger partial charge in [-0.05, 0) is 48.2 Å². The summed E-state index contributed by atoms with van der Waals surface area (Å²) in [6.07, 6.45) is 3.78. The minimum absolute atomic E-state index is 0.258. The number of hydrogen-bond acceptors (Lipinski definition) is 4. The van der Waals surface area contributed by atoms with E-state index in [2.05, 4.69) is 38.5 Å². The summed E-state index contributed by atoms with van der Waals surface area (Å²) in [5.41, 5.74) is 5.78. The molecule has 0 amide bonds. The number of aromatic amines is 1. The fourth-order valence-electron chi connectivity index (χ4n) is 3.13. The molecule has 0 aliphatic rings. The zero-order chi connectivity index (χ0) is 20.1. The van der Waals surface area contributed by atoms with Crippen LogP contribution in [-0.4, -0.2) is 21.2 Å². The lowest BCUT2D eigenvalue weighted by atomic mass is 10.1. The van der Waals surface area contributed by atoms with E-state index in [0.717, 1.165) is 39.9 Å². The number of H-pyrrole nitrogens is 1. The first-order valence-electron chi connectivity index (χ1n) is 9.33. The SMILES string of the molecule is CSc1nc(-c2ccc(F)cc2)c(-c2ccnc(CNCc3ccccc3)c2)[nH]1. The van der Waals surface area contributed by atoms with Crippen LogP contribution in [0.15, 0.2) is 78.1 Å². The van der Waals surface area contributed by atoms with Gasteiger partial charge in [0.1, 0.15) is 5.82 Å². The number of hydrogen-bond donors (Lipinski definition) is 2. The van der Waals surface area contributed by atoms with E-state index < -0.39 is 0 Å². The molecule has 0 unspecified atom stereocenters. The second-order valence-corrected chi connectivity index (χ2v) is 7.40. The van der Waals surface area contributed by atoms with Crippen LogP contribution in [0.3, 0.4) is 0 Å². The van der Waals surface area contributed by atoms with Crippen molar-refractivity contribution in [3.8, 4) is 22.5 Å². The Morgan fingerprint density at radius 2 is 1.76 bits per heavy atom. The van der Waals surface area contributed by atoms with E-state index >= 15 is 0 Å². The van der Waals surface area contributed by atoms with Crippen LogP contribution in [0.1, 0.15) is 11.3 Å². The van der Waals surface area contributed by atoms with Crippen LogP contribution in [0.25, 0.3) is 22.5 Å². The van der Waals surface area contributed by atoms with E-state index in [9.17, 15) is 4.39 Å². The summed E-state index contributed by atoms with van der Waals surface area (Å²) in [5.74, 6) is -0.258. The van der Waals surface area contributed by atoms with Gasteiger partial charge in [0.15, 0.2) is 5.16 Å². The predicted molar refractivity (Wildman–Crippen MR) is 116 cm³/mol. The van der Waals surface area contributed by atoms with Crippen molar-refractivity contribution in [2.75, 3.05) is 6.26 Å². The minimum Gasteiger partial charge on any atom is -0.332 e. The highest BCUT2D eigenvalue weighted by Gasteiger charge is 2.14. The largest absolute Gasteiger partial charge is 0.332 e. The van der Waals surface area contributed by atoms with Gasteiger partial charge in [0.25, 0.3) is 0 Å². The topological polar surface area (TPSA) is 53.6 Å². The highest BCUT2D eigenvalue weighted by molar-refractivity contribution is 7.98. The van der Waals surface area contributed by atoms with Crippen LogP contribution in [-0.2, 0) is 13.1 Å². The molecule has 6 heteroatoms. The number of pyridine rings is 1. The maximum Gasteiger partial charge on any atom is 0.166 e. The summed E-state index contributed by atoms with van der Waals surface area (Å²) in [5, 5.41) is 4.25. The minimum atomic E-state index is -0.258. The van der Waals surface area contributed by atoms with Gasteiger partial charge in [-0.2, -0.15) is 0 Å². The molecule has 0 atom stereocenters. The number of nitrogens with zero attached hydrogens (tertiary/aromatic N) is 2. The summed E-state index contributed by atoms with van der Waals surface area (Å²) in [4.78, 5) is 12.6. The Labute approximate surface area is 173 Å². The van der Waals surface area contributed by atoms with Crippen LogP contribution < -0.4 is 5.32 Å². The van der Waals surface area contributed by atoms with Crippen LogP contribution in [0.4, 0.5) is 4.39 Å². The molecule has 29 heavy (non-hydrogen) atoms. The Bertz CT molecular complexity index is 1080. The molecule has 2 N–H and O–H groups in total. The third-order valence-corrected chi connectivity index (χ3v) is 5.16. The molecule has 146 valence electrons. The molecular weight excluding hydrogens is 383 g/mol. The Hall–Kier alpha value is -2.96. The molecule has 4 rings (SSSR count). The molecule has 2 aromatic heterocycles. The fraction of sp³-hybridized carbons (Fsp3) is 0.130. The first-order chi connectivity index (χ1) is 14.2. The van der Waals surface area contributed by atoms with Crippen molar-refractivity contribution in [1.82, 2.24) is 20.3 Å². The van der Waals surface area contributed by atoms with Gasteiger partial charge in [-0.3, -0.25) is 4.98 Å². The molecular formula is C23H21FN4S. The maximum atomic E-state index is 13.3. The van der Waals surface area contributed by atoms with Crippen molar-refractivity contribution in [3.05, 3.63) is 90.0 Å². The van der Waals surface area contributed by atoms with Gasteiger partial charge in [-0.25, -0.2) is 9.37 Å². The molecule has 0 bridgehead atoms.